The van der Waals surface area contributed by atoms with Gasteiger partial charge >= 0.3 is 6.92 Å². The fourth-order valence-corrected chi connectivity index (χ4v) is 2.98. The van der Waals surface area contributed by atoms with Gasteiger partial charge in [-0.05, 0) is 60.2 Å². The van der Waals surface area contributed by atoms with E-state index in [1.54, 1.807) is 0 Å². The zero-order chi connectivity index (χ0) is 18.0. The van der Waals surface area contributed by atoms with Crippen molar-refractivity contribution in [2.75, 3.05) is 5.73 Å². The lowest BCUT2D eigenvalue weighted by atomic mass is 9.54. The van der Waals surface area contributed by atoms with Crippen LogP contribution in [-0.4, -0.2) is 6.92 Å². The molecule has 0 heterocycles. The molecule has 2 N–H and O–H groups in total. The van der Waals surface area contributed by atoms with Gasteiger partial charge < -0.3 is 10.4 Å². The molecule has 0 aromatic heterocycles. The van der Waals surface area contributed by atoms with Crippen LogP contribution in [0.1, 0.15) is 11.1 Å². The van der Waals surface area contributed by atoms with E-state index in [1.807, 2.05) is 74.5 Å². The number of para-hydroxylation sites is 1. The zero-order valence-electron chi connectivity index (χ0n) is 14.1. The Morgan fingerprint density at radius 2 is 1.48 bits per heavy atom. The Hall–Kier alpha value is -2.10. The molecule has 0 radical (unpaired) electrons. The van der Waals surface area contributed by atoms with Crippen LogP contribution >= 0.6 is 23.2 Å². The summed E-state index contributed by atoms with van der Waals surface area (Å²) in [6.45, 7) is 3.55. The van der Waals surface area contributed by atoms with Crippen molar-refractivity contribution in [3.05, 3.63) is 81.8 Å². The summed E-state index contributed by atoms with van der Waals surface area (Å²) < 4.78 is 6.28. The predicted octanol–water partition coefficient (Wildman–Crippen LogP) is 4.38. The fourth-order valence-electron chi connectivity index (χ4n) is 2.62. The lowest BCUT2D eigenvalue weighted by Gasteiger charge is -2.19. The van der Waals surface area contributed by atoms with E-state index in [2.05, 4.69) is 0 Å². The number of nitrogens with two attached hydrogens (primary N) is 1. The smallest absolute Gasteiger partial charge is 0.428 e. The van der Waals surface area contributed by atoms with Gasteiger partial charge in [0.05, 0.1) is 0 Å². The summed E-state index contributed by atoms with van der Waals surface area (Å²) >= 11 is 12.6. The molecule has 3 aromatic rings. The molecule has 5 heteroatoms. The minimum atomic E-state index is -0.377. The quantitative estimate of drug-likeness (QED) is 0.547. The number of rotatable bonds is 4. The first kappa shape index (κ1) is 17.7. The van der Waals surface area contributed by atoms with Crippen LogP contribution in [0.3, 0.4) is 0 Å². The highest BCUT2D eigenvalue weighted by Gasteiger charge is 2.26. The molecule has 0 bridgehead atoms. The molecule has 0 aliphatic rings. The van der Waals surface area contributed by atoms with E-state index < -0.39 is 0 Å². The van der Waals surface area contributed by atoms with Crippen molar-refractivity contribution >= 4 is 46.7 Å². The molecule has 0 atom stereocenters. The number of halogens is 2. The van der Waals surface area contributed by atoms with Gasteiger partial charge in [0.2, 0.25) is 0 Å². The summed E-state index contributed by atoms with van der Waals surface area (Å²) in [4.78, 5) is 0. The molecule has 0 unspecified atom stereocenters. The van der Waals surface area contributed by atoms with Crippen molar-refractivity contribution in [3.8, 4) is 5.75 Å². The number of nitrogen functional groups attached to an aromatic ring is 1. The van der Waals surface area contributed by atoms with Gasteiger partial charge in [0, 0.05) is 15.7 Å². The summed E-state index contributed by atoms with van der Waals surface area (Å²) in [6, 6.07) is 19.2. The molecule has 0 aliphatic carbocycles. The summed E-state index contributed by atoms with van der Waals surface area (Å²) in [5.41, 5.74) is 10.7. The Kier molecular flexibility index (Phi) is 5.26. The van der Waals surface area contributed by atoms with Crippen molar-refractivity contribution in [1.29, 1.82) is 0 Å². The Balaban J connectivity index is 2.06. The van der Waals surface area contributed by atoms with E-state index >= 15 is 0 Å². The summed E-state index contributed by atoms with van der Waals surface area (Å²) in [5.74, 6) is 0.681. The number of hydrogen-bond acceptors (Lipinski definition) is 2. The first-order valence-corrected chi connectivity index (χ1v) is 8.74. The molecular formula is C20H18BCl2NO. The number of hydrogen-bond donors (Lipinski definition) is 1. The lowest BCUT2D eigenvalue weighted by molar-refractivity contribution is 0.592. The monoisotopic (exact) mass is 369 g/mol. The van der Waals surface area contributed by atoms with Crippen LogP contribution < -0.4 is 21.3 Å². The second-order valence-corrected chi connectivity index (χ2v) is 6.86. The lowest BCUT2D eigenvalue weighted by Crippen LogP contribution is -2.48. The van der Waals surface area contributed by atoms with E-state index in [0.717, 1.165) is 22.1 Å². The largest absolute Gasteiger partial charge is 0.551 e. The molecule has 0 amide bonds. The van der Waals surface area contributed by atoms with Gasteiger partial charge in [0.1, 0.15) is 5.75 Å². The molecular weight excluding hydrogens is 352 g/mol. The fraction of sp³-hybridized carbons (Fsp3) is 0.100. The third kappa shape index (κ3) is 3.94. The minimum absolute atomic E-state index is 0.377. The Bertz CT molecular complexity index is 914. The van der Waals surface area contributed by atoms with Gasteiger partial charge in [-0.3, -0.25) is 0 Å². The average molecular weight is 370 g/mol. The standard InChI is InChI=1S/C20H18BCl2NO/c1-13-7-9-15(11-18(13)22)21(17-5-3-4-6-20(17)24)25-16-10-8-14(2)19(23)12-16/h3-12H,24H2,1-2H3. The summed E-state index contributed by atoms with van der Waals surface area (Å²) in [5, 5.41) is 1.36. The second-order valence-electron chi connectivity index (χ2n) is 6.05. The molecule has 0 fully saturated rings. The normalized spacial score (nSPS) is 10.6. The summed E-state index contributed by atoms with van der Waals surface area (Å²) in [6.07, 6.45) is 0. The van der Waals surface area contributed by atoms with Crippen LogP contribution in [0, 0.1) is 13.8 Å². The SMILES string of the molecule is Cc1ccc(OB(c2ccc(C)c(Cl)c2)c2ccccc2N)cc1Cl. The maximum atomic E-state index is 6.33. The highest BCUT2D eigenvalue weighted by Crippen LogP contribution is 2.23. The van der Waals surface area contributed by atoms with Crippen molar-refractivity contribution in [1.82, 2.24) is 0 Å². The average Bonchev–Trinajstić information content (AvgIpc) is 2.59. The van der Waals surface area contributed by atoms with E-state index in [-0.39, 0.29) is 6.92 Å². The van der Waals surface area contributed by atoms with Gasteiger partial charge in [0.15, 0.2) is 0 Å². The van der Waals surface area contributed by atoms with Gasteiger partial charge in [-0.1, -0.05) is 59.6 Å². The number of aryl methyl sites for hydroxylation is 2. The van der Waals surface area contributed by atoms with Gasteiger partial charge in [0.25, 0.3) is 0 Å². The van der Waals surface area contributed by atoms with Crippen molar-refractivity contribution in [2.45, 2.75) is 13.8 Å². The molecule has 25 heavy (non-hydrogen) atoms. The van der Waals surface area contributed by atoms with Crippen molar-refractivity contribution in [3.63, 3.8) is 0 Å². The van der Waals surface area contributed by atoms with Crippen LogP contribution in [0.2, 0.25) is 10.0 Å². The van der Waals surface area contributed by atoms with E-state index in [1.165, 1.54) is 0 Å². The third-order valence-electron chi connectivity index (χ3n) is 4.17. The molecule has 3 aromatic carbocycles. The first-order chi connectivity index (χ1) is 12.0. The highest BCUT2D eigenvalue weighted by atomic mass is 35.5. The maximum Gasteiger partial charge on any atom is 0.428 e. The highest BCUT2D eigenvalue weighted by molar-refractivity contribution is 6.81. The Morgan fingerprint density at radius 3 is 2.12 bits per heavy atom. The molecule has 0 saturated carbocycles. The van der Waals surface area contributed by atoms with Crippen molar-refractivity contribution in [2.24, 2.45) is 0 Å². The second kappa shape index (κ2) is 7.43. The van der Waals surface area contributed by atoms with Gasteiger partial charge in [-0.2, -0.15) is 0 Å². The molecule has 3 rings (SSSR count). The van der Waals surface area contributed by atoms with E-state index in [0.29, 0.717) is 21.5 Å². The maximum absolute atomic E-state index is 6.33. The van der Waals surface area contributed by atoms with Crippen LogP contribution in [0.4, 0.5) is 5.69 Å². The Morgan fingerprint density at radius 1 is 0.840 bits per heavy atom. The summed E-state index contributed by atoms with van der Waals surface area (Å²) in [7, 11) is 0. The number of benzene rings is 3. The van der Waals surface area contributed by atoms with Crippen LogP contribution in [0.15, 0.2) is 60.7 Å². The van der Waals surface area contributed by atoms with Crippen LogP contribution in [0.25, 0.3) is 0 Å². The molecule has 0 aliphatic heterocycles. The first-order valence-electron chi connectivity index (χ1n) is 7.99. The van der Waals surface area contributed by atoms with Crippen molar-refractivity contribution < 1.29 is 4.65 Å². The Labute approximate surface area is 158 Å². The minimum Gasteiger partial charge on any atom is -0.551 e. The van der Waals surface area contributed by atoms with Crippen LogP contribution in [0.5, 0.6) is 5.75 Å². The van der Waals surface area contributed by atoms with E-state index in [4.69, 9.17) is 33.6 Å². The van der Waals surface area contributed by atoms with Gasteiger partial charge in [-0.25, -0.2) is 0 Å². The third-order valence-corrected chi connectivity index (χ3v) is 4.99. The van der Waals surface area contributed by atoms with Crippen LogP contribution in [-0.2, 0) is 0 Å². The van der Waals surface area contributed by atoms with E-state index in [9.17, 15) is 0 Å². The molecule has 0 saturated heterocycles. The topological polar surface area (TPSA) is 35.2 Å². The van der Waals surface area contributed by atoms with Gasteiger partial charge in [-0.15, -0.1) is 0 Å². The number of anilines is 1. The zero-order valence-corrected chi connectivity index (χ0v) is 15.6. The molecule has 2 nitrogen and oxygen atoms in total. The molecule has 126 valence electrons. The molecule has 0 spiro atoms. The predicted molar refractivity (Wildman–Crippen MR) is 109 cm³/mol.